The van der Waals surface area contributed by atoms with Crippen LogP contribution in [-0.2, 0) is 23.9 Å². The topological polar surface area (TPSA) is 131 Å². The lowest BCUT2D eigenvalue weighted by Crippen LogP contribution is -2.46. The molecule has 2 aromatic rings. The molecule has 0 unspecified atom stereocenters. The van der Waals surface area contributed by atoms with Gasteiger partial charge in [-0.05, 0) is 22.3 Å². The smallest absolute Gasteiger partial charge is 0.407 e. The van der Waals surface area contributed by atoms with E-state index < -0.39 is 42.9 Å². The average molecular weight is 426 g/mol. The number of ether oxygens (including phenoxy) is 2. The van der Waals surface area contributed by atoms with Crippen molar-refractivity contribution in [3.05, 3.63) is 59.7 Å². The first-order chi connectivity index (χ1) is 14.9. The Bertz CT molecular complexity index is 959. The zero-order valence-corrected chi connectivity index (χ0v) is 16.8. The van der Waals surface area contributed by atoms with Gasteiger partial charge < -0.3 is 25.2 Å². The number of carbonyl (C=O) groups is 4. The van der Waals surface area contributed by atoms with Crippen LogP contribution in [0.2, 0.25) is 0 Å². The highest BCUT2D eigenvalue weighted by atomic mass is 16.5. The highest BCUT2D eigenvalue weighted by molar-refractivity contribution is 5.89. The molecule has 0 saturated carbocycles. The van der Waals surface area contributed by atoms with E-state index in [2.05, 4.69) is 15.4 Å². The van der Waals surface area contributed by atoms with Crippen molar-refractivity contribution in [2.24, 2.45) is 0 Å². The van der Waals surface area contributed by atoms with Gasteiger partial charge in [0, 0.05) is 5.92 Å². The molecule has 1 aliphatic rings. The second kappa shape index (κ2) is 9.75. The van der Waals surface area contributed by atoms with Crippen molar-refractivity contribution >= 4 is 23.9 Å². The number of carbonyl (C=O) groups excluding carboxylic acids is 3. The molecule has 0 bridgehead atoms. The lowest BCUT2D eigenvalue weighted by Gasteiger charge is -2.15. The van der Waals surface area contributed by atoms with Gasteiger partial charge in [0.2, 0.25) is 5.91 Å². The Morgan fingerprint density at radius 1 is 1.00 bits per heavy atom. The van der Waals surface area contributed by atoms with Crippen LogP contribution in [0.3, 0.4) is 0 Å². The van der Waals surface area contributed by atoms with Crippen molar-refractivity contribution in [3.8, 4) is 11.1 Å². The minimum atomic E-state index is -1.45. The van der Waals surface area contributed by atoms with Gasteiger partial charge in [-0.25, -0.2) is 9.59 Å². The summed E-state index contributed by atoms with van der Waals surface area (Å²) in [6.45, 7) is -0.413. The van der Waals surface area contributed by atoms with Crippen molar-refractivity contribution in [2.45, 2.75) is 18.4 Å². The molecule has 9 nitrogen and oxygen atoms in total. The summed E-state index contributed by atoms with van der Waals surface area (Å²) >= 11 is 0. The van der Waals surface area contributed by atoms with Crippen LogP contribution >= 0.6 is 0 Å². The van der Waals surface area contributed by atoms with E-state index in [1.165, 1.54) is 0 Å². The van der Waals surface area contributed by atoms with E-state index in [1.807, 2.05) is 48.5 Å². The number of hydrogen-bond acceptors (Lipinski definition) is 6. The summed E-state index contributed by atoms with van der Waals surface area (Å²) < 4.78 is 9.70. The monoisotopic (exact) mass is 426 g/mol. The van der Waals surface area contributed by atoms with E-state index in [-0.39, 0.29) is 12.5 Å². The molecule has 3 N–H and O–H groups in total. The van der Waals surface area contributed by atoms with Crippen LogP contribution in [0.25, 0.3) is 11.1 Å². The molecular weight excluding hydrogens is 404 g/mol. The van der Waals surface area contributed by atoms with Crippen molar-refractivity contribution in [1.82, 2.24) is 10.6 Å². The number of nitrogens with one attached hydrogen (secondary N) is 2. The molecule has 0 heterocycles. The van der Waals surface area contributed by atoms with Crippen molar-refractivity contribution in [2.75, 3.05) is 20.3 Å². The number of fused-ring (bicyclic) bond motifs is 3. The van der Waals surface area contributed by atoms with Gasteiger partial charge in [0.1, 0.15) is 19.2 Å². The Morgan fingerprint density at radius 2 is 1.58 bits per heavy atom. The standard InChI is InChI=1S/C22H22N2O7/c1-30-20(26)10-18(21(27)28)24-19(25)11-23-22(29)31-12-17-15-8-4-2-6-13(15)14-7-3-5-9-16(14)17/h2-9,17-18H,10-12H2,1H3,(H,23,29)(H,24,25)(H,27,28)/t18-/m1/s1. The van der Waals surface area contributed by atoms with E-state index in [1.54, 1.807) is 0 Å². The van der Waals surface area contributed by atoms with Crippen LogP contribution in [0.4, 0.5) is 4.79 Å². The van der Waals surface area contributed by atoms with Crippen molar-refractivity contribution in [3.63, 3.8) is 0 Å². The van der Waals surface area contributed by atoms with Crippen LogP contribution < -0.4 is 10.6 Å². The average Bonchev–Trinajstić information content (AvgIpc) is 3.09. The number of hydrogen-bond donors (Lipinski definition) is 3. The summed E-state index contributed by atoms with van der Waals surface area (Å²) in [6.07, 6.45) is -1.33. The third-order valence-electron chi connectivity index (χ3n) is 4.97. The van der Waals surface area contributed by atoms with Crippen LogP contribution in [-0.4, -0.2) is 55.3 Å². The third-order valence-corrected chi connectivity index (χ3v) is 4.97. The molecule has 2 amide bonds. The summed E-state index contributed by atoms with van der Waals surface area (Å²) in [4.78, 5) is 46.4. The maximum absolute atomic E-state index is 12.1. The Hall–Kier alpha value is -3.88. The zero-order chi connectivity index (χ0) is 22.4. The molecule has 0 saturated heterocycles. The van der Waals surface area contributed by atoms with Gasteiger partial charge in [-0.3, -0.25) is 9.59 Å². The third kappa shape index (κ3) is 5.19. The van der Waals surface area contributed by atoms with E-state index >= 15 is 0 Å². The van der Waals surface area contributed by atoms with Crippen molar-refractivity contribution < 1.29 is 33.8 Å². The van der Waals surface area contributed by atoms with Gasteiger partial charge in [0.15, 0.2) is 0 Å². The van der Waals surface area contributed by atoms with Gasteiger partial charge in [0.25, 0.3) is 0 Å². The summed E-state index contributed by atoms with van der Waals surface area (Å²) in [7, 11) is 1.11. The summed E-state index contributed by atoms with van der Waals surface area (Å²) in [5.41, 5.74) is 4.30. The fraction of sp³-hybridized carbons (Fsp3) is 0.273. The molecule has 0 spiro atoms. The summed E-state index contributed by atoms with van der Waals surface area (Å²) in [5, 5.41) is 13.5. The van der Waals surface area contributed by atoms with E-state index in [9.17, 15) is 19.2 Å². The summed E-state index contributed by atoms with van der Waals surface area (Å²) in [5.74, 6) is -3.06. The van der Waals surface area contributed by atoms with Gasteiger partial charge in [-0.15, -0.1) is 0 Å². The number of aliphatic carboxylic acids is 1. The highest BCUT2D eigenvalue weighted by Gasteiger charge is 2.29. The molecule has 31 heavy (non-hydrogen) atoms. The Labute approximate surface area is 178 Å². The number of carboxylic acid groups (broad SMARTS) is 1. The molecule has 0 fully saturated rings. The quantitative estimate of drug-likeness (QED) is 0.547. The number of esters is 1. The fourth-order valence-corrected chi connectivity index (χ4v) is 3.50. The maximum atomic E-state index is 12.1. The predicted octanol–water partition coefficient (Wildman–Crippen LogP) is 1.66. The molecular formula is C22H22N2O7. The van der Waals surface area contributed by atoms with E-state index in [4.69, 9.17) is 9.84 Å². The number of amides is 2. The Balaban J connectivity index is 1.52. The molecule has 0 aliphatic heterocycles. The number of carboxylic acids is 1. The molecule has 0 radical (unpaired) electrons. The largest absolute Gasteiger partial charge is 0.480 e. The molecule has 2 aromatic carbocycles. The van der Waals surface area contributed by atoms with Gasteiger partial charge in [-0.2, -0.15) is 0 Å². The first-order valence-electron chi connectivity index (χ1n) is 9.58. The SMILES string of the molecule is COC(=O)C[C@@H](NC(=O)CNC(=O)OCC1c2ccccc2-c2ccccc21)C(=O)O. The predicted molar refractivity (Wildman–Crippen MR) is 109 cm³/mol. The van der Waals surface area contributed by atoms with Gasteiger partial charge in [-0.1, -0.05) is 48.5 Å². The summed E-state index contributed by atoms with van der Waals surface area (Å²) in [6, 6.07) is 14.3. The van der Waals surface area contributed by atoms with Crippen LogP contribution in [0.15, 0.2) is 48.5 Å². The molecule has 1 atom stereocenters. The molecule has 1 aliphatic carbocycles. The highest BCUT2D eigenvalue weighted by Crippen LogP contribution is 2.44. The minimum absolute atomic E-state index is 0.0849. The lowest BCUT2D eigenvalue weighted by atomic mass is 9.98. The van der Waals surface area contributed by atoms with E-state index in [0.717, 1.165) is 29.4 Å². The number of methoxy groups -OCH3 is 1. The number of rotatable bonds is 8. The van der Waals surface area contributed by atoms with Crippen molar-refractivity contribution in [1.29, 1.82) is 0 Å². The first-order valence-corrected chi connectivity index (χ1v) is 9.58. The Morgan fingerprint density at radius 3 is 2.13 bits per heavy atom. The fourth-order valence-electron chi connectivity index (χ4n) is 3.50. The molecule has 3 rings (SSSR count). The van der Waals surface area contributed by atoms with Crippen LogP contribution in [0.5, 0.6) is 0 Å². The van der Waals surface area contributed by atoms with Crippen LogP contribution in [0.1, 0.15) is 23.5 Å². The zero-order valence-electron chi connectivity index (χ0n) is 16.8. The second-order valence-corrected chi connectivity index (χ2v) is 6.92. The minimum Gasteiger partial charge on any atom is -0.480 e. The maximum Gasteiger partial charge on any atom is 0.407 e. The second-order valence-electron chi connectivity index (χ2n) is 6.92. The first kappa shape index (κ1) is 21.8. The number of benzene rings is 2. The number of alkyl carbamates (subject to hydrolysis) is 1. The Kier molecular flexibility index (Phi) is 6.86. The van der Waals surface area contributed by atoms with Gasteiger partial charge in [0.05, 0.1) is 13.5 Å². The molecule has 9 heteroatoms. The van der Waals surface area contributed by atoms with Crippen LogP contribution in [0, 0.1) is 0 Å². The molecule has 162 valence electrons. The van der Waals surface area contributed by atoms with Gasteiger partial charge >= 0.3 is 18.0 Å². The lowest BCUT2D eigenvalue weighted by molar-refractivity contribution is -0.148. The molecule has 0 aromatic heterocycles. The normalized spacial score (nSPS) is 12.8. The van der Waals surface area contributed by atoms with E-state index in [0.29, 0.717) is 0 Å².